The van der Waals surface area contributed by atoms with Gasteiger partial charge in [0.05, 0.1) is 0 Å². The van der Waals surface area contributed by atoms with Crippen LogP contribution in [0.2, 0.25) is 5.02 Å². The van der Waals surface area contributed by atoms with E-state index in [0.717, 1.165) is 29.7 Å². The van der Waals surface area contributed by atoms with E-state index in [1.165, 1.54) is 6.42 Å². The molecule has 4 nitrogen and oxygen atoms in total. The van der Waals surface area contributed by atoms with Gasteiger partial charge in [-0.2, -0.15) is 0 Å². The number of ether oxygens (including phenoxy) is 1. The normalized spacial score (nSPS) is 21.5. The molecule has 1 aliphatic carbocycles. The Labute approximate surface area is 197 Å². The lowest BCUT2D eigenvalue weighted by atomic mass is 9.75. The van der Waals surface area contributed by atoms with Crippen molar-refractivity contribution in [2.45, 2.75) is 53.1 Å². The van der Waals surface area contributed by atoms with E-state index in [1.807, 2.05) is 60.4 Å². The molecule has 0 aromatic heterocycles. The van der Waals surface area contributed by atoms with Gasteiger partial charge in [-0.3, -0.25) is 9.79 Å². The summed E-state index contributed by atoms with van der Waals surface area (Å²) in [4.78, 5) is 19.7. The van der Waals surface area contributed by atoms with E-state index < -0.39 is 0 Å². The summed E-state index contributed by atoms with van der Waals surface area (Å²) in [6, 6.07) is 15.6. The van der Waals surface area contributed by atoms with Gasteiger partial charge in [-0.05, 0) is 61.3 Å². The molecule has 0 radical (unpaired) electrons. The smallest absolute Gasteiger partial charge is 0.326 e. The predicted octanol–water partition coefficient (Wildman–Crippen LogP) is 6.54. The highest BCUT2D eigenvalue weighted by atomic mass is 35.5. The Morgan fingerprint density at radius 2 is 1.94 bits per heavy atom. The maximum absolute atomic E-state index is 13.3. The monoisotopic (exact) mass is 454 g/mol. The number of esters is 1. The highest BCUT2D eigenvalue weighted by Gasteiger charge is 2.34. The van der Waals surface area contributed by atoms with Crippen LogP contribution in [-0.4, -0.2) is 31.5 Å². The third-order valence-electron chi connectivity index (χ3n) is 6.49. The lowest BCUT2D eigenvalue weighted by molar-refractivity contribution is -0.154. The second kappa shape index (κ2) is 11.0. The van der Waals surface area contributed by atoms with Crippen molar-refractivity contribution in [2.75, 3.05) is 18.5 Å². The maximum Gasteiger partial charge on any atom is 0.326 e. The van der Waals surface area contributed by atoms with Gasteiger partial charge < -0.3 is 9.64 Å². The molecular weight excluding hydrogens is 420 g/mol. The van der Waals surface area contributed by atoms with E-state index in [0.29, 0.717) is 28.6 Å². The summed E-state index contributed by atoms with van der Waals surface area (Å²) < 4.78 is 6.12. The van der Waals surface area contributed by atoms with Gasteiger partial charge in [0.2, 0.25) is 0 Å². The minimum atomic E-state index is -0.221. The molecular formula is C27H35ClN2O2. The fourth-order valence-electron chi connectivity index (χ4n) is 4.76. The molecule has 3 atom stereocenters. The number of rotatable bonds is 6. The minimum Gasteiger partial charge on any atom is -0.461 e. The topological polar surface area (TPSA) is 41.9 Å². The molecule has 0 bridgehead atoms. The Hall–Kier alpha value is -2.33. The summed E-state index contributed by atoms with van der Waals surface area (Å²) in [5.74, 6) is 1.95. The number of halogens is 1. The van der Waals surface area contributed by atoms with Crippen LogP contribution in [0.5, 0.6) is 0 Å². The van der Waals surface area contributed by atoms with E-state index in [-0.39, 0.29) is 18.6 Å². The Morgan fingerprint density at radius 3 is 2.59 bits per heavy atom. The zero-order valence-corrected chi connectivity index (χ0v) is 20.6. The number of aliphatic imine (C=N–C) groups is 1. The van der Waals surface area contributed by atoms with E-state index >= 15 is 0 Å². The third-order valence-corrected chi connectivity index (χ3v) is 6.72. The number of nitrogens with zero attached hydrogens (tertiary/aromatic N) is 2. The third kappa shape index (κ3) is 5.92. The van der Waals surface area contributed by atoms with Crippen LogP contribution in [0.15, 0.2) is 53.5 Å². The largest absolute Gasteiger partial charge is 0.461 e. The molecule has 0 aliphatic heterocycles. The van der Waals surface area contributed by atoms with Crippen LogP contribution in [0, 0.1) is 24.7 Å². The van der Waals surface area contributed by atoms with Gasteiger partial charge >= 0.3 is 5.97 Å². The zero-order chi connectivity index (χ0) is 23.3. The summed E-state index contributed by atoms with van der Waals surface area (Å²) in [6.07, 6.45) is 3.22. The van der Waals surface area contributed by atoms with Crippen LogP contribution in [0.1, 0.15) is 51.2 Å². The van der Waals surface area contributed by atoms with E-state index in [4.69, 9.17) is 16.3 Å². The van der Waals surface area contributed by atoms with Crippen LogP contribution in [-0.2, 0) is 9.53 Å². The van der Waals surface area contributed by atoms with Crippen molar-refractivity contribution in [1.29, 1.82) is 0 Å². The summed E-state index contributed by atoms with van der Waals surface area (Å²) in [6.45, 7) is 8.83. The average Bonchev–Trinajstić information content (AvgIpc) is 2.74. The molecule has 0 N–H and O–H groups in total. The van der Waals surface area contributed by atoms with Crippen LogP contribution in [0.3, 0.4) is 0 Å². The Kier molecular flexibility index (Phi) is 8.36. The standard InChI is InChI=1S/C27H35ClN2O2/c1-18(2)23-14-13-19(3)15-25(23)32-26(31)17-30(24-12-7-6-9-20(24)4)27(29-5)21-10-8-11-22(28)16-21/h6-12,16,18-19,23,25H,13-15,17H2,1-5H3/t19-,23+,25-/m1/s1. The van der Waals surface area contributed by atoms with Crippen LogP contribution >= 0.6 is 11.6 Å². The molecule has 0 heterocycles. The second-order valence-corrected chi connectivity index (χ2v) is 9.72. The van der Waals surface area contributed by atoms with Crippen molar-refractivity contribution < 1.29 is 9.53 Å². The quantitative estimate of drug-likeness (QED) is 0.283. The Bertz CT molecular complexity index is 956. The van der Waals surface area contributed by atoms with Gasteiger partial charge in [0.1, 0.15) is 18.5 Å². The molecule has 0 amide bonds. The molecule has 2 aromatic rings. The number of amidine groups is 1. The fraction of sp³-hybridized carbons (Fsp3) is 0.481. The Morgan fingerprint density at radius 1 is 1.19 bits per heavy atom. The first-order valence-electron chi connectivity index (χ1n) is 11.6. The van der Waals surface area contributed by atoms with Gasteiger partial charge in [0.15, 0.2) is 0 Å². The summed E-state index contributed by atoms with van der Waals surface area (Å²) in [7, 11) is 1.74. The number of para-hydroxylation sites is 1. The SMILES string of the molecule is CN=C(c1cccc(Cl)c1)N(CC(=O)O[C@@H]1C[C@H](C)CC[C@H]1C(C)C)c1ccccc1C. The molecule has 0 spiro atoms. The molecule has 1 fully saturated rings. The lowest BCUT2D eigenvalue weighted by Crippen LogP contribution is -2.41. The molecule has 2 aromatic carbocycles. The molecule has 0 saturated heterocycles. The molecule has 5 heteroatoms. The number of aryl methyl sites for hydroxylation is 1. The Balaban J connectivity index is 1.89. The second-order valence-electron chi connectivity index (χ2n) is 9.28. The van der Waals surface area contributed by atoms with Crippen molar-refractivity contribution in [3.05, 3.63) is 64.7 Å². The number of hydrogen-bond donors (Lipinski definition) is 0. The summed E-state index contributed by atoms with van der Waals surface area (Å²) in [5, 5.41) is 0.631. The van der Waals surface area contributed by atoms with E-state index in [1.54, 1.807) is 7.05 Å². The molecule has 172 valence electrons. The molecule has 3 rings (SSSR count). The number of carbonyl (C=O) groups is 1. The summed E-state index contributed by atoms with van der Waals surface area (Å²) in [5.41, 5.74) is 2.86. The van der Waals surface area contributed by atoms with Crippen LogP contribution < -0.4 is 4.90 Å². The highest BCUT2D eigenvalue weighted by molar-refractivity contribution is 6.31. The molecule has 1 saturated carbocycles. The van der Waals surface area contributed by atoms with Gasteiger partial charge in [0, 0.05) is 23.3 Å². The van der Waals surface area contributed by atoms with E-state index in [2.05, 4.69) is 25.8 Å². The first-order valence-corrected chi connectivity index (χ1v) is 11.9. The van der Waals surface area contributed by atoms with Crippen molar-refractivity contribution in [2.24, 2.45) is 22.7 Å². The van der Waals surface area contributed by atoms with Gasteiger partial charge in [-0.15, -0.1) is 0 Å². The van der Waals surface area contributed by atoms with Crippen molar-refractivity contribution in [3.63, 3.8) is 0 Å². The van der Waals surface area contributed by atoms with Gasteiger partial charge in [-0.25, -0.2) is 0 Å². The number of anilines is 1. The van der Waals surface area contributed by atoms with Crippen LogP contribution in [0.25, 0.3) is 0 Å². The highest BCUT2D eigenvalue weighted by Crippen LogP contribution is 2.35. The van der Waals surface area contributed by atoms with Crippen molar-refractivity contribution >= 4 is 29.1 Å². The van der Waals surface area contributed by atoms with Crippen LogP contribution in [0.4, 0.5) is 5.69 Å². The first-order chi connectivity index (χ1) is 15.3. The maximum atomic E-state index is 13.3. The van der Waals surface area contributed by atoms with Gasteiger partial charge in [0.25, 0.3) is 0 Å². The average molecular weight is 455 g/mol. The lowest BCUT2D eigenvalue weighted by Gasteiger charge is -2.37. The van der Waals surface area contributed by atoms with Crippen molar-refractivity contribution in [3.8, 4) is 0 Å². The van der Waals surface area contributed by atoms with Gasteiger partial charge in [-0.1, -0.05) is 69.1 Å². The summed E-state index contributed by atoms with van der Waals surface area (Å²) >= 11 is 6.26. The predicted molar refractivity (Wildman–Crippen MR) is 134 cm³/mol. The molecule has 1 aliphatic rings. The number of carbonyl (C=O) groups excluding carboxylic acids is 1. The molecule has 0 unspecified atom stereocenters. The first kappa shape index (κ1) is 24.3. The number of hydrogen-bond acceptors (Lipinski definition) is 3. The number of benzene rings is 2. The van der Waals surface area contributed by atoms with E-state index in [9.17, 15) is 4.79 Å². The van der Waals surface area contributed by atoms with Crippen molar-refractivity contribution in [1.82, 2.24) is 0 Å². The molecule has 32 heavy (non-hydrogen) atoms. The zero-order valence-electron chi connectivity index (χ0n) is 19.8. The fourth-order valence-corrected chi connectivity index (χ4v) is 4.95. The minimum absolute atomic E-state index is 0.0295.